The highest BCUT2D eigenvalue weighted by Crippen LogP contribution is 2.44. The molecule has 2 heterocycles. The van der Waals surface area contributed by atoms with Crippen LogP contribution in [0.15, 0.2) is 53.4 Å². The standard InChI is InChI=1S/C27H31ClN4O4S/c1-30-23(16-22(29-30)27(33)36-3)20-14-26-24(15-21(20)28)32(19-12-8-5-9-13-19)17-25(31(2)37(26,34)35)18-10-6-4-7-11-18/h5,8-9,12-16,18,25H,4,6-7,10-11,17H2,1-3H3/t25-/m0/s1. The maximum atomic E-state index is 14.2. The van der Waals surface area contributed by atoms with Gasteiger partial charge in [-0.2, -0.15) is 9.40 Å². The topological polar surface area (TPSA) is 84.7 Å². The number of benzene rings is 2. The van der Waals surface area contributed by atoms with E-state index in [0.29, 0.717) is 28.5 Å². The quantitative estimate of drug-likeness (QED) is 0.419. The van der Waals surface area contributed by atoms with Gasteiger partial charge in [-0.15, -0.1) is 0 Å². The van der Waals surface area contributed by atoms with E-state index in [4.69, 9.17) is 16.3 Å². The van der Waals surface area contributed by atoms with Gasteiger partial charge in [0.25, 0.3) is 0 Å². The van der Waals surface area contributed by atoms with E-state index in [2.05, 4.69) is 10.00 Å². The number of fused-ring (bicyclic) bond motifs is 1. The predicted molar refractivity (Wildman–Crippen MR) is 144 cm³/mol. The van der Waals surface area contributed by atoms with Crippen LogP contribution in [-0.2, 0) is 21.8 Å². The lowest BCUT2D eigenvalue weighted by Crippen LogP contribution is -2.46. The van der Waals surface area contributed by atoms with Crippen LogP contribution in [0.1, 0.15) is 42.6 Å². The molecule has 0 N–H and O–H groups in total. The number of esters is 1. The van der Waals surface area contributed by atoms with Crippen LogP contribution in [0.2, 0.25) is 5.02 Å². The average molecular weight is 543 g/mol. The number of hydrogen-bond donors (Lipinski definition) is 0. The molecule has 5 rings (SSSR count). The molecular weight excluding hydrogens is 512 g/mol. The Hall–Kier alpha value is -2.88. The number of methoxy groups -OCH3 is 1. The van der Waals surface area contributed by atoms with E-state index in [1.807, 2.05) is 30.3 Å². The van der Waals surface area contributed by atoms with Crippen LogP contribution in [0.5, 0.6) is 0 Å². The molecule has 10 heteroatoms. The number of likely N-dealkylation sites (N-methyl/N-ethyl adjacent to an activating group) is 1. The highest BCUT2D eigenvalue weighted by atomic mass is 35.5. The lowest BCUT2D eigenvalue weighted by molar-refractivity contribution is 0.0593. The summed E-state index contributed by atoms with van der Waals surface area (Å²) in [7, 11) is 0.803. The van der Waals surface area contributed by atoms with E-state index in [0.717, 1.165) is 31.4 Å². The highest BCUT2D eigenvalue weighted by molar-refractivity contribution is 7.89. The van der Waals surface area contributed by atoms with Crippen LogP contribution in [0, 0.1) is 5.92 Å². The largest absolute Gasteiger partial charge is 0.464 e. The van der Waals surface area contributed by atoms with Crippen LogP contribution >= 0.6 is 11.6 Å². The number of hydrogen-bond acceptors (Lipinski definition) is 6. The smallest absolute Gasteiger partial charge is 0.358 e. The Bertz CT molecular complexity index is 1420. The number of aromatic nitrogens is 2. The number of sulfonamides is 1. The molecule has 0 saturated heterocycles. The Balaban J connectivity index is 1.70. The summed E-state index contributed by atoms with van der Waals surface area (Å²) in [6.45, 7) is 0.533. The molecule has 8 nitrogen and oxygen atoms in total. The van der Waals surface area contributed by atoms with Gasteiger partial charge < -0.3 is 9.64 Å². The number of para-hydroxylation sites is 1. The van der Waals surface area contributed by atoms with Gasteiger partial charge in [0, 0.05) is 37.9 Å². The van der Waals surface area contributed by atoms with Crippen molar-refractivity contribution >= 4 is 39.0 Å². The van der Waals surface area contributed by atoms with Gasteiger partial charge in [-0.3, -0.25) is 4.68 Å². The fraction of sp³-hybridized carbons (Fsp3) is 0.407. The lowest BCUT2D eigenvalue weighted by Gasteiger charge is -2.36. The summed E-state index contributed by atoms with van der Waals surface area (Å²) in [5.41, 5.74) is 2.57. The number of carbonyl (C=O) groups is 1. The first-order valence-corrected chi connectivity index (χ1v) is 14.3. The van der Waals surface area contributed by atoms with Gasteiger partial charge in [0.15, 0.2) is 5.69 Å². The molecule has 1 aliphatic heterocycles. The van der Waals surface area contributed by atoms with Gasteiger partial charge in [0.05, 0.1) is 23.5 Å². The summed E-state index contributed by atoms with van der Waals surface area (Å²) in [5, 5.41) is 4.60. The minimum atomic E-state index is -3.86. The maximum Gasteiger partial charge on any atom is 0.358 e. The number of rotatable bonds is 4. The van der Waals surface area contributed by atoms with Crippen molar-refractivity contribution in [3.8, 4) is 11.3 Å². The summed E-state index contributed by atoms with van der Waals surface area (Å²) in [6, 6.07) is 14.5. The SMILES string of the molecule is COC(=O)c1cc(-c2cc3c(cc2Cl)N(c2ccccc2)C[C@@H](C2CCCCC2)N(C)S3(=O)=O)n(C)n1. The lowest BCUT2D eigenvalue weighted by atomic mass is 9.83. The van der Waals surface area contributed by atoms with E-state index >= 15 is 0 Å². The fourth-order valence-corrected chi connectivity index (χ4v) is 7.49. The molecule has 1 atom stereocenters. The monoisotopic (exact) mass is 542 g/mol. The molecule has 1 fully saturated rings. The van der Waals surface area contributed by atoms with Crippen LogP contribution in [0.4, 0.5) is 11.4 Å². The van der Waals surface area contributed by atoms with E-state index in [1.54, 1.807) is 36.6 Å². The second kappa shape index (κ2) is 10.1. The number of carbonyl (C=O) groups excluding carboxylic acids is 1. The predicted octanol–water partition coefficient (Wildman–Crippen LogP) is 5.25. The maximum absolute atomic E-state index is 14.2. The first-order valence-electron chi connectivity index (χ1n) is 12.5. The summed E-state index contributed by atoms with van der Waals surface area (Å²) in [6.07, 6.45) is 5.46. The Morgan fingerprint density at radius 3 is 2.43 bits per heavy atom. The van der Waals surface area contributed by atoms with Crippen molar-refractivity contribution in [1.82, 2.24) is 14.1 Å². The zero-order chi connectivity index (χ0) is 26.3. The Labute approximate surface area is 222 Å². The van der Waals surface area contributed by atoms with Crippen molar-refractivity contribution in [3.63, 3.8) is 0 Å². The molecule has 196 valence electrons. The molecule has 0 unspecified atom stereocenters. The first kappa shape index (κ1) is 25.8. The number of nitrogens with zero attached hydrogens (tertiary/aromatic N) is 4. The van der Waals surface area contributed by atoms with E-state index in [1.165, 1.54) is 18.2 Å². The van der Waals surface area contributed by atoms with Crippen LogP contribution in [0.3, 0.4) is 0 Å². The second-order valence-corrected chi connectivity index (χ2v) is 12.1. The number of halogens is 1. The Morgan fingerprint density at radius 1 is 1.05 bits per heavy atom. The minimum absolute atomic E-state index is 0.120. The normalized spacial score (nSPS) is 20.3. The zero-order valence-electron chi connectivity index (χ0n) is 21.2. The summed E-state index contributed by atoms with van der Waals surface area (Å²) < 4.78 is 36.2. The fourth-order valence-electron chi connectivity index (χ4n) is 5.63. The van der Waals surface area contributed by atoms with Crippen molar-refractivity contribution in [2.45, 2.75) is 43.0 Å². The van der Waals surface area contributed by atoms with Crippen molar-refractivity contribution in [2.24, 2.45) is 13.0 Å². The van der Waals surface area contributed by atoms with Gasteiger partial charge >= 0.3 is 5.97 Å². The van der Waals surface area contributed by atoms with Crippen molar-refractivity contribution in [1.29, 1.82) is 0 Å². The number of ether oxygens (including phenoxy) is 1. The van der Waals surface area contributed by atoms with Crippen LogP contribution in [-0.4, -0.2) is 55.2 Å². The molecule has 0 bridgehead atoms. The number of aryl methyl sites for hydroxylation is 1. The first-order chi connectivity index (χ1) is 17.7. The molecule has 1 aliphatic carbocycles. The molecule has 1 saturated carbocycles. The summed E-state index contributed by atoms with van der Waals surface area (Å²) in [4.78, 5) is 14.3. The molecule has 0 radical (unpaired) electrons. The van der Waals surface area contributed by atoms with Gasteiger partial charge in [0.1, 0.15) is 4.90 Å². The molecule has 0 spiro atoms. The van der Waals surface area contributed by atoms with Crippen molar-refractivity contribution in [2.75, 3.05) is 25.6 Å². The molecule has 37 heavy (non-hydrogen) atoms. The molecule has 3 aromatic rings. The molecule has 1 aromatic heterocycles. The van der Waals surface area contributed by atoms with Crippen molar-refractivity contribution < 1.29 is 17.9 Å². The van der Waals surface area contributed by atoms with Crippen LogP contribution < -0.4 is 4.90 Å². The molecule has 0 amide bonds. The second-order valence-electron chi connectivity index (χ2n) is 9.76. The number of anilines is 2. The third-order valence-electron chi connectivity index (χ3n) is 7.65. The Morgan fingerprint density at radius 2 is 1.76 bits per heavy atom. The van der Waals surface area contributed by atoms with Gasteiger partial charge in [-0.1, -0.05) is 49.1 Å². The van der Waals surface area contributed by atoms with Gasteiger partial charge in [-0.25, -0.2) is 13.2 Å². The third kappa shape index (κ3) is 4.64. The van der Waals surface area contributed by atoms with Gasteiger partial charge in [0.2, 0.25) is 10.0 Å². The van der Waals surface area contributed by atoms with E-state index in [-0.39, 0.29) is 22.5 Å². The van der Waals surface area contributed by atoms with Gasteiger partial charge in [-0.05, 0) is 49.1 Å². The average Bonchev–Trinajstić information content (AvgIpc) is 3.27. The summed E-state index contributed by atoms with van der Waals surface area (Å²) >= 11 is 6.82. The summed E-state index contributed by atoms with van der Waals surface area (Å²) in [5.74, 6) is -0.297. The van der Waals surface area contributed by atoms with E-state index in [9.17, 15) is 13.2 Å². The van der Waals surface area contributed by atoms with Crippen molar-refractivity contribution in [3.05, 3.63) is 59.2 Å². The highest BCUT2D eigenvalue weighted by Gasteiger charge is 2.41. The molecule has 2 aromatic carbocycles. The molecule has 2 aliphatic rings. The van der Waals surface area contributed by atoms with E-state index < -0.39 is 16.0 Å². The third-order valence-corrected chi connectivity index (χ3v) is 9.87. The van der Waals surface area contributed by atoms with Crippen LogP contribution in [0.25, 0.3) is 11.3 Å². The zero-order valence-corrected chi connectivity index (χ0v) is 22.8. The minimum Gasteiger partial charge on any atom is -0.464 e. The Kier molecular flexibility index (Phi) is 7.04. The molecular formula is C27H31ClN4O4S.